The van der Waals surface area contributed by atoms with Gasteiger partial charge in [0.1, 0.15) is 6.04 Å². The highest BCUT2D eigenvalue weighted by atomic mass is 16.3. The molecule has 1 aromatic rings. The number of amides is 3. The molecular formula is C16H20N2O3. The number of piperidine rings is 1. The smallest absolute Gasteiger partial charge is 0.327 e. The van der Waals surface area contributed by atoms with Gasteiger partial charge in [0.05, 0.1) is 12.6 Å². The Morgan fingerprint density at radius 3 is 2.62 bits per heavy atom. The van der Waals surface area contributed by atoms with Crippen LogP contribution in [0.25, 0.3) is 0 Å². The van der Waals surface area contributed by atoms with Crippen LogP contribution in [-0.2, 0) is 4.79 Å². The number of hydrogen-bond donors (Lipinski definition) is 1. The minimum atomic E-state index is -0.833. The molecule has 0 spiro atoms. The van der Waals surface area contributed by atoms with Gasteiger partial charge in [0.2, 0.25) is 0 Å². The summed E-state index contributed by atoms with van der Waals surface area (Å²) in [4.78, 5) is 27.5. The normalized spacial score (nSPS) is 23.4. The molecule has 2 fully saturated rings. The van der Waals surface area contributed by atoms with Gasteiger partial charge in [-0.2, -0.15) is 0 Å². The lowest BCUT2D eigenvalue weighted by Crippen LogP contribution is -2.39. The number of aryl methyl sites for hydroxylation is 1. The Kier molecular flexibility index (Phi) is 3.68. The van der Waals surface area contributed by atoms with Crippen LogP contribution in [-0.4, -0.2) is 46.0 Å². The summed E-state index contributed by atoms with van der Waals surface area (Å²) >= 11 is 0. The summed E-state index contributed by atoms with van der Waals surface area (Å²) in [5.74, 6) is -0.161. The first-order chi connectivity index (χ1) is 10.1. The average molecular weight is 288 g/mol. The second-order valence-electron chi connectivity index (χ2n) is 5.86. The molecule has 2 aliphatic heterocycles. The molecule has 2 atom stereocenters. The van der Waals surface area contributed by atoms with Crippen molar-refractivity contribution in [1.29, 1.82) is 0 Å². The number of fused-ring (bicyclic) bond motifs is 1. The zero-order chi connectivity index (χ0) is 15.0. The van der Waals surface area contributed by atoms with Gasteiger partial charge in [-0.05, 0) is 31.7 Å². The van der Waals surface area contributed by atoms with Gasteiger partial charge in [0.15, 0.2) is 0 Å². The first kappa shape index (κ1) is 14.1. The molecule has 3 rings (SSSR count). The molecule has 0 saturated carbocycles. The van der Waals surface area contributed by atoms with Crippen LogP contribution in [0.3, 0.4) is 0 Å². The number of aliphatic hydroxyl groups is 1. The topological polar surface area (TPSA) is 60.9 Å². The van der Waals surface area contributed by atoms with E-state index in [1.54, 1.807) is 4.90 Å². The molecule has 5 nitrogen and oxygen atoms in total. The lowest BCUT2D eigenvalue weighted by molar-refractivity contribution is -0.129. The first-order valence-electron chi connectivity index (χ1n) is 7.44. The lowest BCUT2D eigenvalue weighted by atomic mass is 10.0. The molecule has 21 heavy (non-hydrogen) atoms. The minimum Gasteiger partial charge on any atom is -0.387 e. The number of imide groups is 1. The molecule has 3 amide bonds. The van der Waals surface area contributed by atoms with E-state index in [1.165, 1.54) is 4.90 Å². The van der Waals surface area contributed by atoms with Crippen molar-refractivity contribution in [1.82, 2.24) is 9.80 Å². The first-order valence-corrected chi connectivity index (χ1v) is 7.44. The van der Waals surface area contributed by atoms with Gasteiger partial charge in [-0.15, -0.1) is 0 Å². The fourth-order valence-electron chi connectivity index (χ4n) is 3.08. The molecule has 0 aliphatic carbocycles. The highest BCUT2D eigenvalue weighted by molar-refractivity contribution is 6.04. The van der Waals surface area contributed by atoms with E-state index in [0.717, 1.165) is 30.4 Å². The van der Waals surface area contributed by atoms with Crippen LogP contribution in [0.5, 0.6) is 0 Å². The minimum absolute atomic E-state index is 0.0354. The Bertz CT molecular complexity index is 531. The summed E-state index contributed by atoms with van der Waals surface area (Å²) in [6.07, 6.45) is 1.83. The number of nitrogens with zero attached hydrogens (tertiary/aromatic N) is 2. The highest BCUT2D eigenvalue weighted by Gasteiger charge is 2.46. The molecule has 1 N–H and O–H groups in total. The van der Waals surface area contributed by atoms with E-state index in [9.17, 15) is 14.7 Å². The molecule has 0 bridgehead atoms. The summed E-state index contributed by atoms with van der Waals surface area (Å²) < 4.78 is 0. The molecule has 2 unspecified atom stereocenters. The predicted molar refractivity (Wildman–Crippen MR) is 77.6 cm³/mol. The maximum atomic E-state index is 12.3. The van der Waals surface area contributed by atoms with Crippen molar-refractivity contribution in [2.75, 3.05) is 13.1 Å². The Labute approximate surface area is 124 Å². The second-order valence-corrected chi connectivity index (χ2v) is 5.86. The number of carbonyl (C=O) groups excluding carboxylic acids is 2. The van der Waals surface area contributed by atoms with Crippen molar-refractivity contribution < 1.29 is 14.7 Å². The van der Waals surface area contributed by atoms with Crippen molar-refractivity contribution in [3.63, 3.8) is 0 Å². The van der Waals surface area contributed by atoms with Crippen LogP contribution in [0, 0.1) is 6.92 Å². The number of urea groups is 1. The number of β-amino-alcohol motifs (C(OH)–C–C–N with tert-alkyl or cyclic N) is 1. The third-order valence-electron chi connectivity index (χ3n) is 4.35. The zero-order valence-corrected chi connectivity index (χ0v) is 12.2. The van der Waals surface area contributed by atoms with Crippen LogP contribution in [0.1, 0.15) is 36.5 Å². The predicted octanol–water partition coefficient (Wildman–Crippen LogP) is 1.85. The SMILES string of the molecule is Cc1ccc(C(O)CN2C(=O)C3CCCCN3C2=O)cc1. The third kappa shape index (κ3) is 2.53. The standard InChI is InChI=1S/C16H20N2O3/c1-11-5-7-12(8-6-11)14(19)10-18-15(20)13-4-2-3-9-17(13)16(18)21/h5-8,13-14,19H,2-4,9-10H2,1H3. The van der Waals surface area contributed by atoms with E-state index >= 15 is 0 Å². The van der Waals surface area contributed by atoms with Crippen molar-refractivity contribution >= 4 is 11.9 Å². The van der Waals surface area contributed by atoms with E-state index in [0.29, 0.717) is 6.54 Å². The maximum Gasteiger partial charge on any atom is 0.327 e. The number of aliphatic hydroxyl groups excluding tert-OH is 1. The van der Waals surface area contributed by atoms with Gasteiger partial charge in [0.25, 0.3) is 5.91 Å². The number of benzene rings is 1. The Morgan fingerprint density at radius 1 is 1.24 bits per heavy atom. The maximum absolute atomic E-state index is 12.3. The highest BCUT2D eigenvalue weighted by Crippen LogP contribution is 2.28. The summed E-state index contributed by atoms with van der Waals surface area (Å²) in [5.41, 5.74) is 1.84. The molecule has 2 aliphatic rings. The Morgan fingerprint density at radius 2 is 1.95 bits per heavy atom. The largest absolute Gasteiger partial charge is 0.387 e. The van der Waals surface area contributed by atoms with E-state index in [4.69, 9.17) is 0 Å². The summed E-state index contributed by atoms with van der Waals surface area (Å²) in [6, 6.07) is 6.93. The van der Waals surface area contributed by atoms with Gasteiger partial charge < -0.3 is 10.0 Å². The number of hydrogen-bond acceptors (Lipinski definition) is 3. The van der Waals surface area contributed by atoms with E-state index in [-0.39, 0.29) is 24.5 Å². The fourth-order valence-corrected chi connectivity index (χ4v) is 3.08. The Balaban J connectivity index is 1.73. The fraction of sp³-hybridized carbons (Fsp3) is 0.500. The number of carbonyl (C=O) groups is 2. The summed E-state index contributed by atoms with van der Waals surface area (Å²) in [7, 11) is 0. The van der Waals surface area contributed by atoms with E-state index in [2.05, 4.69) is 0 Å². The van der Waals surface area contributed by atoms with Gasteiger partial charge in [0, 0.05) is 6.54 Å². The average Bonchev–Trinajstić information content (AvgIpc) is 2.73. The van der Waals surface area contributed by atoms with Crippen LogP contribution in [0.15, 0.2) is 24.3 Å². The van der Waals surface area contributed by atoms with Crippen molar-refractivity contribution in [2.24, 2.45) is 0 Å². The van der Waals surface area contributed by atoms with E-state index < -0.39 is 6.10 Å². The van der Waals surface area contributed by atoms with Gasteiger partial charge in [-0.3, -0.25) is 9.69 Å². The number of rotatable bonds is 3. The molecule has 2 heterocycles. The van der Waals surface area contributed by atoms with Crippen LogP contribution < -0.4 is 0 Å². The van der Waals surface area contributed by atoms with Crippen molar-refractivity contribution in [3.05, 3.63) is 35.4 Å². The van der Waals surface area contributed by atoms with Crippen molar-refractivity contribution in [2.45, 2.75) is 38.3 Å². The van der Waals surface area contributed by atoms with E-state index in [1.807, 2.05) is 31.2 Å². The summed E-state index contributed by atoms with van der Waals surface area (Å²) in [6.45, 7) is 2.65. The molecule has 112 valence electrons. The lowest BCUT2D eigenvalue weighted by Gasteiger charge is -2.26. The second kappa shape index (κ2) is 5.48. The van der Waals surface area contributed by atoms with Gasteiger partial charge in [-0.25, -0.2) is 4.79 Å². The third-order valence-corrected chi connectivity index (χ3v) is 4.35. The molecular weight excluding hydrogens is 268 g/mol. The molecule has 0 radical (unpaired) electrons. The molecule has 1 aromatic carbocycles. The monoisotopic (exact) mass is 288 g/mol. The Hall–Kier alpha value is -1.88. The van der Waals surface area contributed by atoms with Crippen LogP contribution in [0.2, 0.25) is 0 Å². The zero-order valence-electron chi connectivity index (χ0n) is 12.2. The molecule has 5 heteroatoms. The van der Waals surface area contributed by atoms with Gasteiger partial charge >= 0.3 is 6.03 Å². The molecule has 2 saturated heterocycles. The van der Waals surface area contributed by atoms with Gasteiger partial charge in [-0.1, -0.05) is 29.8 Å². The quantitative estimate of drug-likeness (QED) is 0.863. The van der Waals surface area contributed by atoms with Crippen molar-refractivity contribution in [3.8, 4) is 0 Å². The molecule has 0 aromatic heterocycles. The van der Waals surface area contributed by atoms with Crippen LogP contribution in [0.4, 0.5) is 4.79 Å². The summed E-state index contributed by atoms with van der Waals surface area (Å²) in [5, 5.41) is 10.3. The van der Waals surface area contributed by atoms with Crippen LogP contribution >= 0.6 is 0 Å².